The number of aromatic nitrogens is 2. The molecule has 4 rings (SSSR count). The van der Waals surface area contributed by atoms with Gasteiger partial charge < -0.3 is 14.1 Å². The number of anilines is 1. The van der Waals surface area contributed by atoms with Crippen LogP contribution in [0.4, 0.5) is 5.82 Å². The normalized spacial score (nSPS) is 16.4. The largest absolute Gasteiger partial charge is 0.497 e. The third-order valence-corrected chi connectivity index (χ3v) is 6.21. The Morgan fingerprint density at radius 3 is 2.77 bits per heavy atom. The lowest BCUT2D eigenvalue weighted by Gasteiger charge is -2.26. The molecule has 0 bridgehead atoms. The Hall–Kier alpha value is -2.93. The van der Waals surface area contributed by atoms with Crippen LogP contribution in [0.15, 0.2) is 39.7 Å². The smallest absolute Gasteiger partial charge is 0.347 e. The molecule has 1 atom stereocenters. The lowest BCUT2D eigenvalue weighted by Crippen LogP contribution is -2.37. The maximum Gasteiger partial charge on any atom is 0.347 e. The van der Waals surface area contributed by atoms with E-state index in [-0.39, 0.29) is 5.63 Å². The lowest BCUT2D eigenvalue weighted by atomic mass is 10.1. The molecule has 0 N–H and O–H groups in total. The number of hydrogen-bond donors (Lipinski definition) is 0. The van der Waals surface area contributed by atoms with Gasteiger partial charge in [0.15, 0.2) is 0 Å². The van der Waals surface area contributed by atoms with Crippen LogP contribution in [0.3, 0.4) is 0 Å². The Morgan fingerprint density at radius 2 is 2.06 bits per heavy atom. The van der Waals surface area contributed by atoms with Crippen LogP contribution < -0.4 is 15.3 Å². The molecule has 0 spiro atoms. The molecular weight excluding hydrogens is 392 g/mol. The van der Waals surface area contributed by atoms with Crippen molar-refractivity contribution in [3.8, 4) is 17.2 Å². The second kappa shape index (κ2) is 9.06. The maximum absolute atomic E-state index is 12.9. The van der Waals surface area contributed by atoms with E-state index in [1.165, 1.54) is 0 Å². The van der Waals surface area contributed by atoms with Gasteiger partial charge in [0, 0.05) is 31.4 Å². The molecule has 1 fully saturated rings. The van der Waals surface area contributed by atoms with E-state index in [1.54, 1.807) is 19.4 Å². The highest BCUT2D eigenvalue weighted by molar-refractivity contribution is 5.84. The predicted molar refractivity (Wildman–Crippen MR) is 123 cm³/mol. The minimum atomic E-state index is -0.378. The number of hydrogen-bond acceptors (Lipinski definition) is 7. The number of ether oxygens (including phenoxy) is 1. The fourth-order valence-corrected chi connectivity index (χ4v) is 4.55. The summed E-state index contributed by atoms with van der Waals surface area (Å²) < 4.78 is 11.1. The van der Waals surface area contributed by atoms with Crippen LogP contribution in [0, 0.1) is 0 Å². The zero-order valence-electron chi connectivity index (χ0n) is 18.7. The first kappa shape index (κ1) is 21.3. The summed E-state index contributed by atoms with van der Waals surface area (Å²) in [5.41, 5.74) is 1.81. The van der Waals surface area contributed by atoms with E-state index in [0.29, 0.717) is 35.0 Å². The van der Waals surface area contributed by atoms with Crippen LogP contribution in [0.1, 0.15) is 32.8 Å². The standard InChI is InChI=1S/C24H30N4O3/c1-5-16-13-18(30-4)14-20-21(16)24(29)31-23(26-20)19-9-8-11-25-22(19)28-12-10-17(15-28)27(6-2)7-3/h8-9,11,13-14,17H,5-7,10,12,15H2,1-4H3. The summed E-state index contributed by atoms with van der Waals surface area (Å²) in [5, 5.41) is 0.514. The van der Waals surface area contributed by atoms with Crippen LogP contribution in [-0.4, -0.2) is 54.2 Å². The monoisotopic (exact) mass is 422 g/mol. The molecule has 164 valence electrons. The van der Waals surface area contributed by atoms with Crippen molar-refractivity contribution >= 4 is 16.7 Å². The van der Waals surface area contributed by atoms with Gasteiger partial charge in [0.2, 0.25) is 5.89 Å². The number of nitrogens with zero attached hydrogens (tertiary/aromatic N) is 4. The third-order valence-electron chi connectivity index (χ3n) is 6.21. The Kier molecular flexibility index (Phi) is 6.23. The van der Waals surface area contributed by atoms with Gasteiger partial charge in [-0.3, -0.25) is 4.90 Å². The minimum Gasteiger partial charge on any atom is -0.497 e. The van der Waals surface area contributed by atoms with Crippen molar-refractivity contribution in [1.29, 1.82) is 0 Å². The van der Waals surface area contributed by atoms with Crippen LogP contribution in [0.5, 0.6) is 5.75 Å². The molecule has 0 radical (unpaired) electrons. The molecule has 3 aromatic rings. The summed E-state index contributed by atoms with van der Waals surface area (Å²) in [6.07, 6.45) is 3.56. The number of likely N-dealkylation sites (N-methyl/N-ethyl adjacent to an activating group) is 1. The van der Waals surface area contributed by atoms with Gasteiger partial charge in [-0.15, -0.1) is 0 Å². The molecule has 3 heterocycles. The van der Waals surface area contributed by atoms with Crippen LogP contribution in [0.25, 0.3) is 22.4 Å². The Balaban J connectivity index is 1.77. The zero-order valence-corrected chi connectivity index (χ0v) is 18.7. The quantitative estimate of drug-likeness (QED) is 0.574. The number of rotatable bonds is 7. The van der Waals surface area contributed by atoms with E-state index in [0.717, 1.165) is 49.5 Å². The van der Waals surface area contributed by atoms with Crippen molar-refractivity contribution in [1.82, 2.24) is 14.9 Å². The predicted octanol–water partition coefficient (Wildman–Crippen LogP) is 3.74. The molecule has 0 amide bonds. The van der Waals surface area contributed by atoms with Gasteiger partial charge in [0.25, 0.3) is 0 Å². The highest BCUT2D eigenvalue weighted by atomic mass is 16.5. The second-order valence-corrected chi connectivity index (χ2v) is 7.82. The zero-order chi connectivity index (χ0) is 22.0. The Morgan fingerprint density at radius 1 is 1.26 bits per heavy atom. The highest BCUT2D eigenvalue weighted by Crippen LogP contribution is 2.32. The van der Waals surface area contributed by atoms with Crippen molar-refractivity contribution < 1.29 is 9.15 Å². The number of pyridine rings is 1. The molecule has 1 unspecified atom stereocenters. The van der Waals surface area contributed by atoms with Crippen LogP contribution >= 0.6 is 0 Å². The van der Waals surface area contributed by atoms with E-state index in [9.17, 15) is 4.79 Å². The number of aryl methyl sites for hydroxylation is 1. The fraction of sp³-hybridized carbons (Fsp3) is 0.458. The first-order valence-corrected chi connectivity index (χ1v) is 11.1. The van der Waals surface area contributed by atoms with Gasteiger partial charge in [-0.1, -0.05) is 20.8 Å². The average Bonchev–Trinajstić information content (AvgIpc) is 3.28. The molecule has 0 aliphatic carbocycles. The van der Waals surface area contributed by atoms with Gasteiger partial charge in [0.05, 0.1) is 23.6 Å². The summed E-state index contributed by atoms with van der Waals surface area (Å²) in [6, 6.07) is 7.93. The average molecular weight is 423 g/mol. The second-order valence-electron chi connectivity index (χ2n) is 7.82. The Bertz CT molecular complexity index is 1120. The van der Waals surface area contributed by atoms with Crippen LogP contribution in [-0.2, 0) is 6.42 Å². The van der Waals surface area contributed by atoms with Crippen molar-refractivity contribution in [3.63, 3.8) is 0 Å². The molecule has 1 saturated heterocycles. The molecular formula is C24H30N4O3. The van der Waals surface area contributed by atoms with Gasteiger partial charge in [-0.2, -0.15) is 0 Å². The summed E-state index contributed by atoms with van der Waals surface area (Å²) in [7, 11) is 1.62. The summed E-state index contributed by atoms with van der Waals surface area (Å²) >= 11 is 0. The fourth-order valence-electron chi connectivity index (χ4n) is 4.55. The first-order chi connectivity index (χ1) is 15.1. The van der Waals surface area contributed by atoms with Crippen LogP contribution in [0.2, 0.25) is 0 Å². The van der Waals surface area contributed by atoms with Gasteiger partial charge in [0.1, 0.15) is 11.6 Å². The van der Waals surface area contributed by atoms with E-state index >= 15 is 0 Å². The molecule has 1 aliphatic rings. The van der Waals surface area contributed by atoms with Crippen molar-refractivity contribution in [3.05, 3.63) is 46.4 Å². The van der Waals surface area contributed by atoms with Gasteiger partial charge >= 0.3 is 5.63 Å². The van der Waals surface area contributed by atoms with E-state index < -0.39 is 0 Å². The van der Waals surface area contributed by atoms with E-state index in [1.807, 2.05) is 25.1 Å². The van der Waals surface area contributed by atoms with Gasteiger partial charge in [-0.05, 0) is 49.7 Å². The molecule has 7 nitrogen and oxygen atoms in total. The van der Waals surface area contributed by atoms with Crippen molar-refractivity contribution in [2.45, 2.75) is 39.7 Å². The summed E-state index contributed by atoms with van der Waals surface area (Å²) in [4.78, 5) is 27.0. The maximum atomic E-state index is 12.9. The Labute approximate surface area is 182 Å². The molecule has 2 aromatic heterocycles. The SMILES string of the molecule is CCc1cc(OC)cc2nc(-c3cccnc3N3CCC(N(CC)CC)C3)oc(=O)c12. The number of benzene rings is 1. The lowest BCUT2D eigenvalue weighted by molar-refractivity contribution is 0.232. The number of fused-ring (bicyclic) bond motifs is 1. The van der Waals surface area contributed by atoms with Gasteiger partial charge in [-0.25, -0.2) is 14.8 Å². The molecule has 7 heteroatoms. The third kappa shape index (κ3) is 4.02. The molecule has 1 aromatic carbocycles. The van der Waals surface area contributed by atoms with E-state index in [2.05, 4.69) is 28.6 Å². The first-order valence-electron chi connectivity index (χ1n) is 11.1. The topological polar surface area (TPSA) is 71.7 Å². The van der Waals surface area contributed by atoms with Crippen molar-refractivity contribution in [2.75, 3.05) is 38.2 Å². The number of methoxy groups -OCH3 is 1. The molecule has 31 heavy (non-hydrogen) atoms. The summed E-state index contributed by atoms with van der Waals surface area (Å²) in [6.45, 7) is 10.3. The minimum absolute atomic E-state index is 0.294. The summed E-state index contributed by atoms with van der Waals surface area (Å²) in [5.74, 6) is 1.79. The van der Waals surface area contributed by atoms with Crippen molar-refractivity contribution in [2.24, 2.45) is 0 Å². The molecule has 0 saturated carbocycles. The highest BCUT2D eigenvalue weighted by Gasteiger charge is 2.29. The molecule has 1 aliphatic heterocycles. The van der Waals surface area contributed by atoms with E-state index in [4.69, 9.17) is 14.1 Å².